The van der Waals surface area contributed by atoms with Crippen LogP contribution in [0.25, 0.3) is 11.0 Å². The van der Waals surface area contributed by atoms with E-state index in [1.54, 1.807) is 0 Å². The topological polar surface area (TPSA) is 67.6 Å². The summed E-state index contributed by atoms with van der Waals surface area (Å²) in [5, 5.41) is 10.4. The van der Waals surface area contributed by atoms with E-state index in [4.69, 9.17) is 5.73 Å². The van der Waals surface area contributed by atoms with Gasteiger partial charge >= 0.3 is 0 Å². The highest BCUT2D eigenvalue weighted by atomic mass is 15.3. The first kappa shape index (κ1) is 7.79. The molecule has 0 spiro atoms. The van der Waals surface area contributed by atoms with Crippen molar-refractivity contribution >= 4 is 16.7 Å². The van der Waals surface area contributed by atoms with Crippen LogP contribution in [0.15, 0.2) is 24.8 Å². The van der Waals surface area contributed by atoms with Crippen LogP contribution in [0.1, 0.15) is 5.56 Å². The van der Waals surface area contributed by atoms with Crippen LogP contribution in [0.5, 0.6) is 0 Å². The third kappa shape index (κ3) is 1.16. The van der Waals surface area contributed by atoms with Crippen LogP contribution < -0.4 is 5.73 Å². The number of aromatic nitrogens is 3. The van der Waals surface area contributed by atoms with E-state index in [1.165, 1.54) is 0 Å². The second kappa shape index (κ2) is 2.90. The smallest absolute Gasteiger partial charge is 0.136 e. The highest BCUT2D eigenvalue weighted by molar-refractivity contribution is 5.87. The number of anilines is 1. The van der Waals surface area contributed by atoms with Gasteiger partial charge in [0.1, 0.15) is 11.0 Å². The molecule has 4 nitrogen and oxygen atoms in total. The van der Waals surface area contributed by atoms with E-state index in [0.717, 1.165) is 23.0 Å². The van der Waals surface area contributed by atoms with Crippen LogP contribution in [0.2, 0.25) is 0 Å². The monoisotopic (exact) mass is 174 g/mol. The number of nitrogens with zero attached hydrogens (tertiary/aromatic N) is 2. The summed E-state index contributed by atoms with van der Waals surface area (Å²) in [4.78, 5) is 0. The number of allylic oxidation sites excluding steroid dienone is 1. The fourth-order valence-electron chi connectivity index (χ4n) is 1.31. The lowest BCUT2D eigenvalue weighted by Gasteiger charge is -2.01. The molecule has 0 aliphatic rings. The molecule has 0 aliphatic heterocycles. The fraction of sp³-hybridized carbons (Fsp3) is 0.111. The molecule has 2 aromatic rings. The largest absolute Gasteiger partial charge is 0.397 e. The number of aromatic amines is 1. The summed E-state index contributed by atoms with van der Waals surface area (Å²) >= 11 is 0. The predicted molar refractivity (Wildman–Crippen MR) is 52.2 cm³/mol. The molecule has 0 fully saturated rings. The molecule has 0 aliphatic carbocycles. The maximum absolute atomic E-state index is 5.88. The minimum Gasteiger partial charge on any atom is -0.397 e. The molecule has 3 N–H and O–H groups in total. The minimum atomic E-state index is 0.686. The van der Waals surface area contributed by atoms with E-state index >= 15 is 0 Å². The summed E-state index contributed by atoms with van der Waals surface area (Å²) in [6, 6.07) is 3.84. The minimum absolute atomic E-state index is 0.686. The van der Waals surface area contributed by atoms with Crippen molar-refractivity contribution in [2.75, 3.05) is 5.73 Å². The Balaban J connectivity index is 2.65. The van der Waals surface area contributed by atoms with Crippen LogP contribution in [-0.2, 0) is 6.42 Å². The molecule has 0 saturated heterocycles. The number of hydrogen-bond donors (Lipinski definition) is 2. The van der Waals surface area contributed by atoms with Crippen LogP contribution in [0.4, 0.5) is 5.69 Å². The van der Waals surface area contributed by atoms with Crippen molar-refractivity contribution in [1.29, 1.82) is 0 Å². The Hall–Kier alpha value is -1.84. The molecule has 0 bridgehead atoms. The van der Waals surface area contributed by atoms with Gasteiger partial charge in [0.15, 0.2) is 0 Å². The molecule has 1 heterocycles. The standard InChI is InChI=1S/C9H10N4/c1-2-3-6-4-5-7-9(8(6)10)12-13-11-7/h2,4-5H,1,3,10H2,(H,11,12,13). The average Bonchev–Trinajstić information content (AvgIpc) is 2.58. The van der Waals surface area contributed by atoms with E-state index in [9.17, 15) is 0 Å². The number of H-pyrrole nitrogens is 1. The van der Waals surface area contributed by atoms with Crippen LogP contribution >= 0.6 is 0 Å². The first-order valence-electron chi connectivity index (χ1n) is 4.01. The normalized spacial score (nSPS) is 10.5. The van der Waals surface area contributed by atoms with E-state index < -0.39 is 0 Å². The Morgan fingerprint density at radius 2 is 2.31 bits per heavy atom. The van der Waals surface area contributed by atoms with Gasteiger partial charge in [0.05, 0.1) is 5.69 Å². The van der Waals surface area contributed by atoms with Gasteiger partial charge in [0, 0.05) is 0 Å². The molecule has 0 radical (unpaired) electrons. The second-order valence-electron chi connectivity index (χ2n) is 2.82. The number of hydrogen-bond acceptors (Lipinski definition) is 3. The molecule has 0 atom stereocenters. The fourth-order valence-corrected chi connectivity index (χ4v) is 1.31. The number of rotatable bonds is 2. The van der Waals surface area contributed by atoms with Gasteiger partial charge in [-0.05, 0) is 18.1 Å². The maximum atomic E-state index is 5.88. The third-order valence-electron chi connectivity index (χ3n) is 1.98. The molecule has 0 saturated carbocycles. The Bertz CT molecular complexity index is 444. The first-order valence-corrected chi connectivity index (χ1v) is 4.01. The third-order valence-corrected chi connectivity index (χ3v) is 1.98. The average molecular weight is 174 g/mol. The highest BCUT2D eigenvalue weighted by Crippen LogP contribution is 2.21. The maximum Gasteiger partial charge on any atom is 0.136 e. The lowest BCUT2D eigenvalue weighted by molar-refractivity contribution is 0.959. The van der Waals surface area contributed by atoms with Crippen LogP contribution in [0, 0.1) is 0 Å². The summed E-state index contributed by atoms with van der Waals surface area (Å²) in [6.07, 6.45) is 2.58. The lowest BCUT2D eigenvalue weighted by Crippen LogP contribution is -1.94. The Morgan fingerprint density at radius 1 is 1.46 bits per heavy atom. The Morgan fingerprint density at radius 3 is 3.08 bits per heavy atom. The predicted octanol–water partition coefficient (Wildman–Crippen LogP) is 1.27. The second-order valence-corrected chi connectivity index (χ2v) is 2.82. The van der Waals surface area contributed by atoms with E-state index in [0.29, 0.717) is 5.69 Å². The molecule has 4 heteroatoms. The summed E-state index contributed by atoms with van der Waals surface area (Å²) in [5.41, 5.74) is 9.14. The molecule has 2 rings (SSSR count). The zero-order valence-corrected chi connectivity index (χ0v) is 7.12. The van der Waals surface area contributed by atoms with Gasteiger partial charge in [-0.3, -0.25) is 0 Å². The molecule has 0 unspecified atom stereocenters. The van der Waals surface area contributed by atoms with Crippen LogP contribution in [0.3, 0.4) is 0 Å². The Kier molecular flexibility index (Phi) is 1.73. The zero-order valence-electron chi connectivity index (χ0n) is 7.12. The molecule has 1 aromatic carbocycles. The number of fused-ring (bicyclic) bond motifs is 1. The van der Waals surface area contributed by atoms with Gasteiger partial charge in [-0.25, -0.2) is 0 Å². The highest BCUT2D eigenvalue weighted by Gasteiger charge is 2.05. The molecular formula is C9H10N4. The lowest BCUT2D eigenvalue weighted by atomic mass is 10.1. The van der Waals surface area contributed by atoms with Crippen LogP contribution in [-0.4, -0.2) is 15.4 Å². The van der Waals surface area contributed by atoms with Gasteiger partial charge in [-0.15, -0.1) is 6.58 Å². The molecule has 0 amide bonds. The zero-order chi connectivity index (χ0) is 9.26. The SMILES string of the molecule is C=CCc1ccc2n[nH]nc2c1N. The van der Waals surface area contributed by atoms with E-state index in [1.807, 2.05) is 18.2 Å². The van der Waals surface area contributed by atoms with Gasteiger partial charge < -0.3 is 5.73 Å². The number of nitrogens with two attached hydrogens (primary N) is 1. The molecule has 1 aromatic heterocycles. The van der Waals surface area contributed by atoms with Crippen molar-refractivity contribution in [1.82, 2.24) is 15.4 Å². The van der Waals surface area contributed by atoms with E-state index in [2.05, 4.69) is 22.0 Å². The molecular weight excluding hydrogens is 164 g/mol. The first-order chi connectivity index (χ1) is 6.33. The van der Waals surface area contributed by atoms with Crippen molar-refractivity contribution in [2.45, 2.75) is 6.42 Å². The van der Waals surface area contributed by atoms with Gasteiger partial charge in [0.25, 0.3) is 0 Å². The Labute approximate surface area is 75.4 Å². The molecule has 66 valence electrons. The summed E-state index contributed by atoms with van der Waals surface area (Å²) in [7, 11) is 0. The summed E-state index contributed by atoms with van der Waals surface area (Å²) in [6.45, 7) is 3.67. The van der Waals surface area contributed by atoms with Crippen molar-refractivity contribution in [3.63, 3.8) is 0 Å². The summed E-state index contributed by atoms with van der Waals surface area (Å²) in [5.74, 6) is 0. The van der Waals surface area contributed by atoms with Crippen molar-refractivity contribution < 1.29 is 0 Å². The van der Waals surface area contributed by atoms with Crippen molar-refractivity contribution in [3.05, 3.63) is 30.4 Å². The molecule has 13 heavy (non-hydrogen) atoms. The van der Waals surface area contributed by atoms with Gasteiger partial charge in [-0.2, -0.15) is 15.4 Å². The van der Waals surface area contributed by atoms with Gasteiger partial charge in [0.2, 0.25) is 0 Å². The summed E-state index contributed by atoms with van der Waals surface area (Å²) < 4.78 is 0. The van der Waals surface area contributed by atoms with Gasteiger partial charge in [-0.1, -0.05) is 12.1 Å². The van der Waals surface area contributed by atoms with E-state index in [-0.39, 0.29) is 0 Å². The number of nitrogen functional groups attached to an aromatic ring is 1. The quantitative estimate of drug-likeness (QED) is 0.532. The number of nitrogens with one attached hydrogen (secondary N) is 1. The van der Waals surface area contributed by atoms with Crippen molar-refractivity contribution in [2.24, 2.45) is 0 Å². The number of benzene rings is 1. The van der Waals surface area contributed by atoms with Crippen molar-refractivity contribution in [3.8, 4) is 0 Å².